The highest BCUT2D eigenvalue weighted by Gasteiger charge is 2.28. The van der Waals surface area contributed by atoms with E-state index in [2.05, 4.69) is 0 Å². The van der Waals surface area contributed by atoms with Crippen LogP contribution in [0, 0.1) is 5.82 Å². The fraction of sp³-hybridized carbons (Fsp3) is 0.316. The van der Waals surface area contributed by atoms with Crippen molar-refractivity contribution < 1.29 is 17.6 Å². The third-order valence-electron chi connectivity index (χ3n) is 4.84. The van der Waals surface area contributed by atoms with E-state index in [-0.39, 0.29) is 11.7 Å². The third-order valence-corrected chi connectivity index (χ3v) is 6.02. The Kier molecular flexibility index (Phi) is 4.75. The van der Waals surface area contributed by atoms with E-state index in [0.29, 0.717) is 29.8 Å². The number of amides is 1. The van der Waals surface area contributed by atoms with Gasteiger partial charge in [0.1, 0.15) is 5.82 Å². The summed E-state index contributed by atoms with van der Waals surface area (Å²) in [6.07, 6.45) is 1.74. The van der Waals surface area contributed by atoms with Gasteiger partial charge in [-0.15, -0.1) is 0 Å². The number of sulfonamides is 1. The number of benzene rings is 2. The first-order valence-electron chi connectivity index (χ1n) is 8.32. The lowest BCUT2D eigenvalue weighted by atomic mass is 10.0. The lowest BCUT2D eigenvalue weighted by Gasteiger charge is -2.26. The van der Waals surface area contributed by atoms with Crippen LogP contribution in [0.5, 0.6) is 0 Å². The second-order valence-corrected chi connectivity index (χ2v) is 8.45. The van der Waals surface area contributed by atoms with Crippen LogP contribution in [-0.2, 0) is 16.4 Å². The predicted octanol–water partition coefficient (Wildman–Crippen LogP) is 2.98. The predicted molar refractivity (Wildman–Crippen MR) is 99.2 cm³/mol. The van der Waals surface area contributed by atoms with E-state index in [1.165, 1.54) is 21.5 Å². The summed E-state index contributed by atoms with van der Waals surface area (Å²) in [6.45, 7) is 2.16. The number of hydrogen-bond donors (Lipinski definition) is 0. The molecule has 0 spiro atoms. The minimum absolute atomic E-state index is 0.235. The summed E-state index contributed by atoms with van der Waals surface area (Å²) in [5, 5.41) is 0. The number of rotatable bonds is 4. The Morgan fingerprint density at radius 1 is 1.23 bits per heavy atom. The van der Waals surface area contributed by atoms with Crippen LogP contribution >= 0.6 is 0 Å². The lowest BCUT2D eigenvalue weighted by molar-refractivity contribution is 0.0740. The molecule has 0 radical (unpaired) electrons. The van der Waals surface area contributed by atoms with E-state index in [4.69, 9.17) is 0 Å². The first-order chi connectivity index (χ1) is 12.2. The van der Waals surface area contributed by atoms with E-state index >= 15 is 0 Å². The molecule has 1 heterocycles. The summed E-state index contributed by atoms with van der Waals surface area (Å²) in [5.41, 5.74) is 2.36. The largest absolute Gasteiger partial charge is 0.335 e. The van der Waals surface area contributed by atoms with E-state index < -0.39 is 16.1 Å². The normalized spacial score (nSPS) is 14.8. The van der Waals surface area contributed by atoms with Crippen LogP contribution in [0.4, 0.5) is 10.1 Å². The van der Waals surface area contributed by atoms with Gasteiger partial charge in [0.2, 0.25) is 10.0 Å². The van der Waals surface area contributed by atoms with Gasteiger partial charge >= 0.3 is 0 Å². The molecule has 7 heteroatoms. The van der Waals surface area contributed by atoms with Gasteiger partial charge in [-0.05, 0) is 43.2 Å². The average Bonchev–Trinajstić information content (AvgIpc) is 3.03. The number of carbonyl (C=O) groups is 1. The Balaban J connectivity index is 1.86. The minimum atomic E-state index is -3.32. The first-order valence-corrected chi connectivity index (χ1v) is 10.2. The van der Waals surface area contributed by atoms with Crippen molar-refractivity contribution in [3.05, 3.63) is 65.0 Å². The standard InChI is InChI=1S/C19H21FN2O3S/c1-13(16-6-4-5-7-17(16)20)21(2)19(23)15-8-9-18-14(12-15)10-11-22(18)26(3,24)25/h4-9,12-13H,10-11H2,1-3H3. The van der Waals surface area contributed by atoms with E-state index in [1.54, 1.807) is 50.4 Å². The highest BCUT2D eigenvalue weighted by Crippen LogP contribution is 2.31. The molecule has 138 valence electrons. The fourth-order valence-corrected chi connectivity index (χ4v) is 4.21. The van der Waals surface area contributed by atoms with Crippen molar-refractivity contribution in [2.24, 2.45) is 0 Å². The van der Waals surface area contributed by atoms with Crippen LogP contribution in [0.25, 0.3) is 0 Å². The van der Waals surface area contributed by atoms with Crippen molar-refractivity contribution >= 4 is 21.6 Å². The molecule has 1 amide bonds. The zero-order chi connectivity index (χ0) is 19.1. The molecule has 0 aromatic heterocycles. The van der Waals surface area contributed by atoms with Crippen LogP contribution in [0.1, 0.15) is 34.5 Å². The van der Waals surface area contributed by atoms with Crippen molar-refractivity contribution in [2.75, 3.05) is 24.2 Å². The number of halogens is 1. The number of carbonyl (C=O) groups excluding carboxylic acids is 1. The van der Waals surface area contributed by atoms with Gasteiger partial charge in [-0.3, -0.25) is 9.10 Å². The lowest BCUT2D eigenvalue weighted by Crippen LogP contribution is -2.30. The zero-order valence-corrected chi connectivity index (χ0v) is 15.8. The number of hydrogen-bond acceptors (Lipinski definition) is 3. The SMILES string of the molecule is CC(c1ccccc1F)N(C)C(=O)c1ccc2c(c1)CCN2S(C)(=O)=O. The summed E-state index contributed by atoms with van der Waals surface area (Å²) in [5.74, 6) is -0.584. The molecule has 2 aromatic carbocycles. The highest BCUT2D eigenvalue weighted by molar-refractivity contribution is 7.92. The number of anilines is 1. The second-order valence-electron chi connectivity index (χ2n) is 6.54. The molecule has 0 fully saturated rings. The molecule has 1 atom stereocenters. The van der Waals surface area contributed by atoms with Crippen molar-refractivity contribution in [2.45, 2.75) is 19.4 Å². The molecule has 26 heavy (non-hydrogen) atoms. The monoisotopic (exact) mass is 376 g/mol. The fourth-order valence-electron chi connectivity index (χ4n) is 3.25. The maximum Gasteiger partial charge on any atom is 0.254 e. The van der Waals surface area contributed by atoms with Crippen LogP contribution in [0.15, 0.2) is 42.5 Å². The van der Waals surface area contributed by atoms with E-state index in [1.807, 2.05) is 0 Å². The van der Waals surface area contributed by atoms with Gasteiger partial charge in [0.05, 0.1) is 18.0 Å². The average molecular weight is 376 g/mol. The molecule has 0 saturated heterocycles. The number of fused-ring (bicyclic) bond motifs is 1. The summed E-state index contributed by atoms with van der Waals surface area (Å²) in [4.78, 5) is 14.3. The summed E-state index contributed by atoms with van der Waals surface area (Å²) in [6, 6.07) is 11.0. The van der Waals surface area contributed by atoms with Gasteiger partial charge in [0.15, 0.2) is 0 Å². The third kappa shape index (κ3) is 3.31. The molecule has 0 aliphatic carbocycles. The van der Waals surface area contributed by atoms with Gasteiger partial charge in [-0.25, -0.2) is 12.8 Å². The topological polar surface area (TPSA) is 57.7 Å². The van der Waals surface area contributed by atoms with Crippen LogP contribution in [0.2, 0.25) is 0 Å². The Hall–Kier alpha value is -2.41. The van der Waals surface area contributed by atoms with E-state index in [9.17, 15) is 17.6 Å². The maximum absolute atomic E-state index is 14.0. The van der Waals surface area contributed by atoms with Crippen molar-refractivity contribution in [3.63, 3.8) is 0 Å². The quantitative estimate of drug-likeness (QED) is 0.824. The Morgan fingerprint density at radius 3 is 2.58 bits per heavy atom. The van der Waals surface area contributed by atoms with Crippen molar-refractivity contribution in [1.82, 2.24) is 4.90 Å². The molecule has 0 bridgehead atoms. The molecule has 1 unspecified atom stereocenters. The maximum atomic E-state index is 14.0. The van der Waals surface area contributed by atoms with Crippen LogP contribution in [0.3, 0.4) is 0 Å². The molecular formula is C19H21FN2O3S. The molecular weight excluding hydrogens is 355 g/mol. The highest BCUT2D eigenvalue weighted by atomic mass is 32.2. The van der Waals surface area contributed by atoms with Gasteiger partial charge in [-0.2, -0.15) is 0 Å². The molecule has 0 N–H and O–H groups in total. The molecule has 0 saturated carbocycles. The molecule has 2 aromatic rings. The van der Waals surface area contributed by atoms with Crippen LogP contribution in [-0.4, -0.2) is 39.1 Å². The molecule has 1 aliphatic rings. The van der Waals surface area contributed by atoms with Crippen molar-refractivity contribution in [1.29, 1.82) is 0 Å². The first kappa shape index (κ1) is 18.4. The van der Waals surface area contributed by atoms with Crippen molar-refractivity contribution in [3.8, 4) is 0 Å². The summed E-state index contributed by atoms with van der Waals surface area (Å²) >= 11 is 0. The van der Waals surface area contributed by atoms with Gasteiger partial charge in [-0.1, -0.05) is 18.2 Å². The van der Waals surface area contributed by atoms with Crippen LogP contribution < -0.4 is 4.31 Å². The Morgan fingerprint density at radius 2 is 1.92 bits per heavy atom. The summed E-state index contributed by atoms with van der Waals surface area (Å²) < 4.78 is 39.0. The molecule has 5 nitrogen and oxygen atoms in total. The van der Waals surface area contributed by atoms with Gasteiger partial charge in [0.25, 0.3) is 5.91 Å². The molecule has 3 rings (SSSR count). The summed E-state index contributed by atoms with van der Waals surface area (Å²) in [7, 11) is -1.69. The molecule has 1 aliphatic heterocycles. The smallest absolute Gasteiger partial charge is 0.254 e. The Bertz CT molecular complexity index is 959. The number of nitrogens with zero attached hydrogens (tertiary/aromatic N) is 2. The minimum Gasteiger partial charge on any atom is -0.335 e. The zero-order valence-electron chi connectivity index (χ0n) is 14.9. The van der Waals surface area contributed by atoms with E-state index in [0.717, 1.165) is 5.56 Å². The van der Waals surface area contributed by atoms with Gasteiger partial charge < -0.3 is 4.90 Å². The Labute approximate surface area is 153 Å². The second kappa shape index (κ2) is 6.72. The van der Waals surface area contributed by atoms with Gasteiger partial charge in [0, 0.05) is 24.7 Å².